The van der Waals surface area contributed by atoms with E-state index in [2.05, 4.69) is 20.8 Å². The van der Waals surface area contributed by atoms with Crippen LogP contribution < -0.4 is 0 Å². The summed E-state index contributed by atoms with van der Waals surface area (Å²) in [4.78, 5) is 0. The lowest BCUT2D eigenvalue weighted by molar-refractivity contribution is -0.165. The van der Waals surface area contributed by atoms with Crippen LogP contribution in [0.1, 0.15) is 38.7 Å². The SMILES string of the molecule is CC(C)(C)[Si](C)(C)OC12OC1C(c1ccccc1)CC2(F)F. The molecular formula is C17H24F2O2Si. The molecule has 0 amide bonds. The lowest BCUT2D eigenvalue weighted by atomic mass is 9.97. The van der Waals surface area contributed by atoms with Gasteiger partial charge in [0.1, 0.15) is 6.10 Å². The van der Waals surface area contributed by atoms with E-state index in [9.17, 15) is 8.78 Å². The second kappa shape index (κ2) is 4.62. The first kappa shape index (κ1) is 16.1. The zero-order valence-electron chi connectivity index (χ0n) is 13.8. The molecule has 5 heteroatoms. The lowest BCUT2D eigenvalue weighted by Crippen LogP contribution is -2.50. The molecular weight excluding hydrogens is 302 g/mol. The largest absolute Gasteiger partial charge is 0.384 e. The summed E-state index contributed by atoms with van der Waals surface area (Å²) < 4.78 is 40.9. The number of halogens is 2. The van der Waals surface area contributed by atoms with Crippen LogP contribution in [0.3, 0.4) is 0 Å². The number of ether oxygens (including phenoxy) is 1. The summed E-state index contributed by atoms with van der Waals surface area (Å²) in [5.74, 6) is -4.93. The Balaban J connectivity index is 1.88. The van der Waals surface area contributed by atoms with Gasteiger partial charge < -0.3 is 9.16 Å². The topological polar surface area (TPSA) is 21.8 Å². The van der Waals surface area contributed by atoms with Crippen molar-refractivity contribution in [2.24, 2.45) is 0 Å². The molecule has 2 nitrogen and oxygen atoms in total. The van der Waals surface area contributed by atoms with Gasteiger partial charge in [0.2, 0.25) is 0 Å². The minimum absolute atomic E-state index is 0.126. The van der Waals surface area contributed by atoms with Crippen LogP contribution >= 0.6 is 0 Å². The number of rotatable bonds is 3. The Kier molecular flexibility index (Phi) is 3.38. The standard InChI is InChI=1S/C17H24F2O2Si/c1-15(2,3)22(4,5)21-17-14(20-17)13(11-16(17,18)19)12-9-7-6-8-10-12/h6-10,13-14H,11H2,1-5H3. The quantitative estimate of drug-likeness (QED) is 0.580. The molecule has 1 aromatic rings. The molecule has 0 radical (unpaired) electrons. The Labute approximate surface area is 131 Å². The fourth-order valence-electron chi connectivity index (χ4n) is 3.00. The van der Waals surface area contributed by atoms with E-state index in [0.717, 1.165) is 5.56 Å². The highest BCUT2D eigenvalue weighted by Gasteiger charge is 2.82. The predicted octanol–water partition coefficient (Wildman–Crippen LogP) is 4.93. The first-order chi connectivity index (χ1) is 10.0. The normalized spacial score (nSPS) is 33.6. The Morgan fingerprint density at radius 2 is 1.77 bits per heavy atom. The number of fused-ring (bicyclic) bond motifs is 1. The van der Waals surface area contributed by atoms with Gasteiger partial charge in [0.05, 0.1) is 0 Å². The van der Waals surface area contributed by atoms with E-state index in [1.54, 1.807) is 0 Å². The molecule has 2 fully saturated rings. The zero-order chi connectivity index (χ0) is 16.4. The third kappa shape index (κ3) is 2.25. The zero-order valence-corrected chi connectivity index (χ0v) is 14.8. The molecule has 22 heavy (non-hydrogen) atoms. The summed E-state index contributed by atoms with van der Waals surface area (Å²) in [5, 5.41) is -0.126. The molecule has 3 unspecified atom stereocenters. The van der Waals surface area contributed by atoms with Gasteiger partial charge in [0.25, 0.3) is 5.79 Å². The average Bonchev–Trinajstić information content (AvgIpc) is 3.06. The molecule has 122 valence electrons. The minimum atomic E-state index is -2.94. The van der Waals surface area contributed by atoms with E-state index >= 15 is 0 Å². The van der Waals surface area contributed by atoms with Crippen LogP contribution in [0.5, 0.6) is 0 Å². The molecule has 0 spiro atoms. The summed E-state index contributed by atoms with van der Waals surface area (Å²) in [5.41, 5.74) is 0.908. The molecule has 3 atom stereocenters. The number of epoxide rings is 1. The van der Waals surface area contributed by atoms with E-state index in [-0.39, 0.29) is 17.4 Å². The number of hydrogen-bond acceptors (Lipinski definition) is 2. The van der Waals surface area contributed by atoms with Crippen LogP contribution in [0.2, 0.25) is 18.1 Å². The fourth-order valence-corrected chi connectivity index (χ4v) is 4.38. The highest BCUT2D eigenvalue weighted by Crippen LogP contribution is 2.66. The van der Waals surface area contributed by atoms with Gasteiger partial charge >= 0.3 is 5.92 Å². The summed E-state index contributed by atoms with van der Waals surface area (Å²) in [6.45, 7) is 10.1. The van der Waals surface area contributed by atoms with E-state index in [1.165, 1.54) is 0 Å². The first-order valence-electron chi connectivity index (χ1n) is 7.81. The molecule has 0 N–H and O–H groups in total. The van der Waals surface area contributed by atoms with Gasteiger partial charge in [0.15, 0.2) is 8.32 Å². The van der Waals surface area contributed by atoms with Gasteiger partial charge in [-0.2, -0.15) is 0 Å². The first-order valence-corrected chi connectivity index (χ1v) is 10.7. The molecule has 1 aliphatic carbocycles. The monoisotopic (exact) mass is 326 g/mol. The molecule has 0 bridgehead atoms. The Morgan fingerprint density at radius 1 is 1.18 bits per heavy atom. The van der Waals surface area contributed by atoms with Crippen LogP contribution in [0.15, 0.2) is 30.3 Å². The predicted molar refractivity (Wildman–Crippen MR) is 84.6 cm³/mol. The number of benzene rings is 1. The van der Waals surface area contributed by atoms with Crippen LogP contribution in [0, 0.1) is 0 Å². The van der Waals surface area contributed by atoms with Crippen molar-refractivity contribution >= 4 is 8.32 Å². The van der Waals surface area contributed by atoms with Crippen molar-refractivity contribution in [3.05, 3.63) is 35.9 Å². The molecule has 1 saturated heterocycles. The molecule has 0 aromatic heterocycles. The second-order valence-electron chi connectivity index (χ2n) is 7.99. The molecule has 2 aliphatic rings. The van der Waals surface area contributed by atoms with Crippen LogP contribution in [-0.2, 0) is 9.16 Å². The van der Waals surface area contributed by atoms with Crippen molar-refractivity contribution in [2.45, 2.75) is 69.1 Å². The van der Waals surface area contributed by atoms with E-state index < -0.39 is 26.1 Å². The van der Waals surface area contributed by atoms with Crippen molar-refractivity contribution in [1.82, 2.24) is 0 Å². The van der Waals surface area contributed by atoms with E-state index in [4.69, 9.17) is 9.16 Å². The average molecular weight is 326 g/mol. The molecule has 1 aliphatic heterocycles. The van der Waals surface area contributed by atoms with Gasteiger partial charge in [-0.3, -0.25) is 0 Å². The Bertz CT molecular complexity index is 568. The Hall–Kier alpha value is -0.783. The maximum atomic E-state index is 14.7. The molecule has 1 saturated carbocycles. The van der Waals surface area contributed by atoms with Crippen LogP contribution in [-0.4, -0.2) is 26.1 Å². The van der Waals surface area contributed by atoms with Crippen LogP contribution in [0.25, 0.3) is 0 Å². The van der Waals surface area contributed by atoms with Gasteiger partial charge in [-0.15, -0.1) is 0 Å². The van der Waals surface area contributed by atoms with Crippen LogP contribution in [0.4, 0.5) is 8.78 Å². The number of hydrogen-bond donors (Lipinski definition) is 0. The van der Waals surface area contributed by atoms with Gasteiger partial charge in [-0.25, -0.2) is 8.78 Å². The van der Waals surface area contributed by atoms with E-state index in [1.807, 2.05) is 43.4 Å². The highest BCUT2D eigenvalue weighted by molar-refractivity contribution is 6.74. The molecule has 3 rings (SSSR count). The lowest BCUT2D eigenvalue weighted by Gasteiger charge is -2.39. The smallest absolute Gasteiger partial charge is 0.303 e. The maximum Gasteiger partial charge on any atom is 0.303 e. The van der Waals surface area contributed by atoms with Crippen molar-refractivity contribution in [1.29, 1.82) is 0 Å². The summed E-state index contributed by atoms with van der Waals surface area (Å²) in [6.07, 6.45) is -0.727. The third-order valence-electron chi connectivity index (χ3n) is 5.41. The van der Waals surface area contributed by atoms with Crippen molar-refractivity contribution < 1.29 is 17.9 Å². The highest BCUT2D eigenvalue weighted by atomic mass is 28.4. The Morgan fingerprint density at radius 3 is 2.27 bits per heavy atom. The second-order valence-corrected chi connectivity index (χ2v) is 12.7. The summed E-state index contributed by atoms with van der Waals surface area (Å²) in [7, 11) is -2.32. The van der Waals surface area contributed by atoms with Crippen molar-refractivity contribution in [2.75, 3.05) is 0 Å². The third-order valence-corrected chi connectivity index (χ3v) is 9.84. The van der Waals surface area contributed by atoms with Crippen molar-refractivity contribution in [3.63, 3.8) is 0 Å². The van der Waals surface area contributed by atoms with Gasteiger partial charge in [0, 0.05) is 12.3 Å². The van der Waals surface area contributed by atoms with E-state index in [0.29, 0.717) is 0 Å². The summed E-state index contributed by atoms with van der Waals surface area (Å²) >= 11 is 0. The minimum Gasteiger partial charge on any atom is -0.384 e. The van der Waals surface area contributed by atoms with Gasteiger partial charge in [-0.1, -0.05) is 51.1 Å². The maximum absolute atomic E-state index is 14.7. The molecule has 1 heterocycles. The van der Waals surface area contributed by atoms with Crippen molar-refractivity contribution in [3.8, 4) is 0 Å². The molecule has 1 aromatic carbocycles. The number of alkyl halides is 2. The fraction of sp³-hybridized carbons (Fsp3) is 0.647. The van der Waals surface area contributed by atoms with Gasteiger partial charge in [-0.05, 0) is 23.7 Å². The summed E-state index contributed by atoms with van der Waals surface area (Å²) in [6, 6.07) is 9.44.